The molecule has 1 saturated heterocycles. The monoisotopic (exact) mass is 429 g/mol. The zero-order valence-electron chi connectivity index (χ0n) is 17.4. The predicted octanol–water partition coefficient (Wildman–Crippen LogP) is 5.24. The predicted molar refractivity (Wildman–Crippen MR) is 119 cm³/mol. The summed E-state index contributed by atoms with van der Waals surface area (Å²) in [6.07, 6.45) is 4.13. The van der Waals surface area contributed by atoms with Crippen LogP contribution in [0.15, 0.2) is 28.2 Å². The maximum Gasteiger partial charge on any atom is 0.323 e. The van der Waals surface area contributed by atoms with Crippen molar-refractivity contribution >= 4 is 39.4 Å². The molecule has 1 fully saturated rings. The molecule has 0 unspecified atom stereocenters. The lowest BCUT2D eigenvalue weighted by Crippen LogP contribution is -2.33. The standard InChI is InChI=1S/C21H27N5O3S/c1-3-4-9-25(14-16-6-5-12-30-16)17-13-18(24-10-7-15(2)8-11-24)21(26(27)28)20-19(17)22-29-23-20/h5-6,12-13,15H,3-4,7-11,14H2,1-2H3. The number of anilines is 2. The number of benzene rings is 1. The van der Waals surface area contributed by atoms with E-state index in [1.165, 1.54) is 4.88 Å². The highest BCUT2D eigenvalue weighted by molar-refractivity contribution is 7.09. The Morgan fingerprint density at radius 2 is 2.10 bits per heavy atom. The molecule has 0 radical (unpaired) electrons. The third-order valence-corrected chi connectivity index (χ3v) is 6.69. The van der Waals surface area contributed by atoms with E-state index in [1.807, 2.05) is 12.1 Å². The maximum atomic E-state index is 12.0. The molecule has 0 atom stereocenters. The second-order valence-electron chi connectivity index (χ2n) is 8.01. The lowest BCUT2D eigenvalue weighted by Gasteiger charge is -2.33. The molecule has 1 aliphatic rings. The molecular weight excluding hydrogens is 402 g/mol. The Hall–Kier alpha value is -2.68. The molecule has 0 N–H and O–H groups in total. The van der Waals surface area contributed by atoms with Crippen molar-refractivity contribution in [2.24, 2.45) is 5.92 Å². The average molecular weight is 430 g/mol. The van der Waals surface area contributed by atoms with E-state index in [0.29, 0.717) is 17.1 Å². The number of hydrogen-bond acceptors (Lipinski definition) is 8. The Balaban J connectivity index is 1.82. The number of piperidine rings is 1. The first-order chi connectivity index (χ1) is 14.6. The van der Waals surface area contributed by atoms with Crippen LogP contribution in [-0.2, 0) is 6.54 Å². The molecule has 9 heteroatoms. The van der Waals surface area contributed by atoms with E-state index in [-0.39, 0.29) is 16.1 Å². The van der Waals surface area contributed by atoms with Crippen LogP contribution < -0.4 is 9.80 Å². The van der Waals surface area contributed by atoms with Crippen molar-refractivity contribution in [2.45, 2.75) is 46.1 Å². The van der Waals surface area contributed by atoms with Gasteiger partial charge >= 0.3 is 5.69 Å². The number of nitrogens with zero attached hydrogens (tertiary/aromatic N) is 5. The Kier molecular flexibility index (Phi) is 6.17. The van der Waals surface area contributed by atoms with Gasteiger partial charge < -0.3 is 9.80 Å². The van der Waals surface area contributed by atoms with Crippen LogP contribution in [0.1, 0.15) is 44.4 Å². The minimum absolute atomic E-state index is 0.00359. The van der Waals surface area contributed by atoms with Crippen LogP contribution in [0.5, 0.6) is 0 Å². The molecule has 0 amide bonds. The second kappa shape index (κ2) is 8.99. The van der Waals surface area contributed by atoms with Crippen LogP contribution >= 0.6 is 11.3 Å². The number of nitro benzene ring substituents is 1. The van der Waals surface area contributed by atoms with Gasteiger partial charge in [-0.05, 0) is 53.0 Å². The van der Waals surface area contributed by atoms with E-state index in [4.69, 9.17) is 4.63 Å². The lowest BCUT2D eigenvalue weighted by atomic mass is 9.98. The molecule has 4 rings (SSSR count). The summed E-state index contributed by atoms with van der Waals surface area (Å²) in [4.78, 5) is 17.3. The molecule has 1 aromatic carbocycles. The molecule has 8 nitrogen and oxygen atoms in total. The van der Waals surface area contributed by atoms with Crippen molar-refractivity contribution in [3.63, 3.8) is 0 Å². The summed E-state index contributed by atoms with van der Waals surface area (Å²) >= 11 is 1.71. The summed E-state index contributed by atoms with van der Waals surface area (Å²) in [5, 5.41) is 22.1. The van der Waals surface area contributed by atoms with Crippen LogP contribution in [0.25, 0.3) is 11.0 Å². The van der Waals surface area contributed by atoms with Crippen LogP contribution in [0.4, 0.5) is 17.1 Å². The van der Waals surface area contributed by atoms with Gasteiger partial charge in [-0.2, -0.15) is 0 Å². The van der Waals surface area contributed by atoms with Crippen molar-refractivity contribution < 1.29 is 9.55 Å². The summed E-state index contributed by atoms with van der Waals surface area (Å²) in [5.41, 5.74) is 2.17. The first-order valence-corrected chi connectivity index (χ1v) is 11.4. The Morgan fingerprint density at radius 1 is 1.33 bits per heavy atom. The van der Waals surface area contributed by atoms with Gasteiger partial charge in [0.25, 0.3) is 0 Å². The van der Waals surface area contributed by atoms with Crippen molar-refractivity contribution in [3.05, 3.63) is 38.6 Å². The summed E-state index contributed by atoms with van der Waals surface area (Å²) in [6, 6.07) is 6.09. The molecule has 160 valence electrons. The molecule has 1 aliphatic heterocycles. The largest absolute Gasteiger partial charge is 0.366 e. The third kappa shape index (κ3) is 4.12. The van der Waals surface area contributed by atoms with Gasteiger partial charge in [0.2, 0.25) is 5.52 Å². The Labute approximate surface area is 179 Å². The highest BCUT2D eigenvalue weighted by Crippen LogP contribution is 2.42. The van der Waals surface area contributed by atoms with E-state index in [2.05, 4.69) is 45.4 Å². The zero-order chi connectivity index (χ0) is 21.1. The van der Waals surface area contributed by atoms with Crippen molar-refractivity contribution in [1.82, 2.24) is 10.3 Å². The van der Waals surface area contributed by atoms with Crippen molar-refractivity contribution in [2.75, 3.05) is 29.4 Å². The third-order valence-electron chi connectivity index (χ3n) is 5.83. The van der Waals surface area contributed by atoms with Gasteiger partial charge in [-0.25, -0.2) is 4.63 Å². The summed E-state index contributed by atoms with van der Waals surface area (Å²) in [7, 11) is 0. The van der Waals surface area contributed by atoms with Gasteiger partial charge in [0, 0.05) is 24.5 Å². The van der Waals surface area contributed by atoms with Gasteiger partial charge in [0.1, 0.15) is 5.69 Å². The topological polar surface area (TPSA) is 88.5 Å². The maximum absolute atomic E-state index is 12.0. The van der Waals surface area contributed by atoms with Gasteiger partial charge in [0.05, 0.1) is 17.2 Å². The summed E-state index contributed by atoms with van der Waals surface area (Å²) in [6.45, 7) is 7.57. The van der Waals surface area contributed by atoms with Crippen molar-refractivity contribution in [1.29, 1.82) is 0 Å². The Morgan fingerprint density at radius 3 is 2.77 bits per heavy atom. The van der Waals surface area contributed by atoms with Crippen LogP contribution in [0.3, 0.4) is 0 Å². The summed E-state index contributed by atoms with van der Waals surface area (Å²) in [5.74, 6) is 0.636. The van der Waals surface area contributed by atoms with Gasteiger partial charge in [0.15, 0.2) is 5.52 Å². The number of rotatable bonds is 8. The molecule has 0 bridgehead atoms. The summed E-state index contributed by atoms with van der Waals surface area (Å²) < 4.78 is 5.00. The second-order valence-corrected chi connectivity index (χ2v) is 9.04. The van der Waals surface area contributed by atoms with Gasteiger partial charge in [-0.1, -0.05) is 26.3 Å². The smallest absolute Gasteiger partial charge is 0.323 e. The van der Waals surface area contributed by atoms with Crippen LogP contribution in [-0.4, -0.2) is 34.9 Å². The van der Waals surface area contributed by atoms with E-state index in [0.717, 1.165) is 57.5 Å². The van der Waals surface area contributed by atoms with Crippen LogP contribution in [0, 0.1) is 16.0 Å². The van der Waals surface area contributed by atoms with E-state index < -0.39 is 0 Å². The van der Waals surface area contributed by atoms with E-state index >= 15 is 0 Å². The first kappa shape index (κ1) is 20.6. The molecule has 3 aromatic rings. The highest BCUT2D eigenvalue weighted by Gasteiger charge is 2.31. The molecule has 30 heavy (non-hydrogen) atoms. The number of aromatic nitrogens is 2. The fraction of sp³-hybridized carbons (Fsp3) is 0.524. The lowest BCUT2D eigenvalue weighted by molar-refractivity contribution is -0.382. The number of unbranched alkanes of at least 4 members (excludes halogenated alkanes) is 1. The molecule has 2 aromatic heterocycles. The molecule has 0 spiro atoms. The van der Waals surface area contributed by atoms with E-state index in [9.17, 15) is 10.1 Å². The fourth-order valence-electron chi connectivity index (χ4n) is 4.04. The van der Waals surface area contributed by atoms with Crippen molar-refractivity contribution in [3.8, 4) is 0 Å². The highest BCUT2D eigenvalue weighted by atomic mass is 32.1. The molecule has 0 aliphatic carbocycles. The Bertz CT molecular complexity index is 996. The molecular formula is C21H27N5O3S. The first-order valence-electron chi connectivity index (χ1n) is 10.5. The number of thiophene rings is 1. The van der Waals surface area contributed by atoms with Gasteiger partial charge in [-0.3, -0.25) is 10.1 Å². The van der Waals surface area contributed by atoms with Crippen LogP contribution in [0.2, 0.25) is 0 Å². The van der Waals surface area contributed by atoms with Gasteiger partial charge in [-0.15, -0.1) is 11.3 Å². The number of hydrogen-bond donors (Lipinski definition) is 0. The van der Waals surface area contributed by atoms with E-state index in [1.54, 1.807) is 11.3 Å². The average Bonchev–Trinajstić information content (AvgIpc) is 3.42. The quantitative estimate of drug-likeness (QED) is 0.357. The number of nitro groups is 1. The molecule has 3 heterocycles. The zero-order valence-corrected chi connectivity index (χ0v) is 18.2. The SMILES string of the molecule is CCCCN(Cc1cccs1)c1cc(N2CCC(C)CC2)c([N+](=O)[O-])c2nonc12. The minimum Gasteiger partial charge on any atom is -0.366 e. The fourth-order valence-corrected chi connectivity index (χ4v) is 4.75. The molecule has 0 saturated carbocycles. The number of fused-ring (bicyclic) bond motifs is 1. The normalized spacial score (nSPS) is 15.1. The minimum atomic E-state index is -0.348.